The van der Waals surface area contributed by atoms with E-state index in [1.807, 2.05) is 30.3 Å². The number of rotatable bonds is 5. The highest BCUT2D eigenvalue weighted by atomic mass is 32.2. The van der Waals surface area contributed by atoms with E-state index in [2.05, 4.69) is 15.5 Å². The third-order valence-corrected chi connectivity index (χ3v) is 6.42. The van der Waals surface area contributed by atoms with Gasteiger partial charge in [0.15, 0.2) is 9.84 Å². The number of hydrogen-bond donors (Lipinski definition) is 1. The highest BCUT2D eigenvalue weighted by Crippen LogP contribution is 2.25. The summed E-state index contributed by atoms with van der Waals surface area (Å²) in [5.41, 5.74) is 0.116. The van der Waals surface area contributed by atoms with Gasteiger partial charge in [-0.2, -0.15) is 0 Å². The van der Waals surface area contributed by atoms with Gasteiger partial charge in [-0.3, -0.25) is 4.79 Å². The maximum absolute atomic E-state index is 12.0. The lowest BCUT2D eigenvalue weighted by Crippen LogP contribution is -2.47. The maximum atomic E-state index is 12.0. The molecule has 9 heteroatoms. The van der Waals surface area contributed by atoms with Crippen LogP contribution in [0.3, 0.4) is 0 Å². The normalized spacial score (nSPS) is 22.4. The summed E-state index contributed by atoms with van der Waals surface area (Å²) in [5.74, 6) is 0.328. The van der Waals surface area contributed by atoms with Gasteiger partial charge in [0, 0.05) is 5.56 Å². The van der Waals surface area contributed by atoms with Crippen LogP contribution in [0.2, 0.25) is 0 Å². The lowest BCUT2D eigenvalue weighted by molar-refractivity contribution is -0.120. The average molecular weight is 367 g/mol. The van der Waals surface area contributed by atoms with E-state index in [0.717, 1.165) is 17.3 Å². The van der Waals surface area contributed by atoms with E-state index in [0.29, 0.717) is 17.5 Å². The van der Waals surface area contributed by atoms with E-state index < -0.39 is 15.4 Å². The third kappa shape index (κ3) is 4.15. The van der Waals surface area contributed by atoms with Crippen molar-refractivity contribution in [2.45, 2.75) is 24.1 Å². The van der Waals surface area contributed by atoms with Crippen LogP contribution in [0.15, 0.2) is 40.0 Å². The number of hydrogen-bond acceptors (Lipinski definition) is 7. The molecule has 0 saturated carbocycles. The van der Waals surface area contributed by atoms with Gasteiger partial charge in [0.05, 0.1) is 22.8 Å². The minimum absolute atomic E-state index is 0.0187. The van der Waals surface area contributed by atoms with Gasteiger partial charge in [-0.25, -0.2) is 8.42 Å². The number of aromatic nitrogens is 2. The molecule has 3 rings (SSSR count). The number of amides is 1. The first-order valence-electron chi connectivity index (χ1n) is 7.38. The van der Waals surface area contributed by atoms with Crippen LogP contribution in [-0.4, -0.2) is 47.3 Å². The second kappa shape index (κ2) is 6.56. The quantitative estimate of drug-likeness (QED) is 0.799. The molecule has 1 aliphatic heterocycles. The zero-order valence-electron chi connectivity index (χ0n) is 13.1. The molecule has 128 valence electrons. The lowest BCUT2D eigenvalue weighted by atomic mass is 10.0. The van der Waals surface area contributed by atoms with Crippen LogP contribution in [0.1, 0.15) is 13.3 Å². The highest BCUT2D eigenvalue weighted by molar-refractivity contribution is 7.99. The fourth-order valence-electron chi connectivity index (χ4n) is 2.57. The summed E-state index contributed by atoms with van der Waals surface area (Å²) in [7, 11) is -3.06. The summed E-state index contributed by atoms with van der Waals surface area (Å²) >= 11 is 1.12. The number of sulfone groups is 1. The van der Waals surface area contributed by atoms with E-state index in [1.54, 1.807) is 6.92 Å². The molecular formula is C15H17N3O4S2. The molecule has 1 aromatic carbocycles. The molecule has 1 N–H and O–H groups in total. The summed E-state index contributed by atoms with van der Waals surface area (Å²) in [6.07, 6.45) is 0.435. The van der Waals surface area contributed by atoms with Crippen molar-refractivity contribution in [3.8, 4) is 11.5 Å². The van der Waals surface area contributed by atoms with Crippen LogP contribution in [0, 0.1) is 0 Å². The van der Waals surface area contributed by atoms with Crippen LogP contribution < -0.4 is 5.32 Å². The number of thioether (sulfide) groups is 1. The molecule has 1 saturated heterocycles. The topological polar surface area (TPSA) is 102 Å². The van der Waals surface area contributed by atoms with Gasteiger partial charge in [-0.1, -0.05) is 30.0 Å². The van der Waals surface area contributed by atoms with E-state index >= 15 is 0 Å². The predicted octanol–water partition coefficient (Wildman–Crippen LogP) is 1.52. The summed E-state index contributed by atoms with van der Waals surface area (Å²) < 4.78 is 28.6. The minimum atomic E-state index is -3.06. The number of nitrogens with zero attached hydrogens (tertiary/aromatic N) is 2. The molecule has 1 amide bonds. The highest BCUT2D eigenvalue weighted by Gasteiger charge is 2.39. The molecule has 0 bridgehead atoms. The van der Waals surface area contributed by atoms with Gasteiger partial charge >= 0.3 is 0 Å². The van der Waals surface area contributed by atoms with Crippen LogP contribution in [-0.2, 0) is 14.6 Å². The number of nitrogens with one attached hydrogen (secondary N) is 1. The second-order valence-corrected chi connectivity index (χ2v) is 9.09. The number of carbonyl (C=O) groups is 1. The molecule has 7 nitrogen and oxygen atoms in total. The van der Waals surface area contributed by atoms with Crippen molar-refractivity contribution in [3.63, 3.8) is 0 Å². The molecule has 1 aromatic heterocycles. The first kappa shape index (κ1) is 17.0. The Bertz CT molecular complexity index is 835. The Morgan fingerprint density at radius 3 is 2.75 bits per heavy atom. The van der Waals surface area contributed by atoms with E-state index in [9.17, 15) is 13.2 Å². The first-order valence-corrected chi connectivity index (χ1v) is 10.2. The van der Waals surface area contributed by atoms with E-state index in [4.69, 9.17) is 4.42 Å². The zero-order chi connectivity index (χ0) is 17.2. The van der Waals surface area contributed by atoms with Crippen molar-refractivity contribution in [3.05, 3.63) is 30.3 Å². The van der Waals surface area contributed by atoms with Crippen LogP contribution in [0.25, 0.3) is 11.5 Å². The van der Waals surface area contributed by atoms with Crippen molar-refractivity contribution in [1.82, 2.24) is 15.5 Å². The monoisotopic (exact) mass is 367 g/mol. The Hall–Kier alpha value is -1.87. The molecule has 24 heavy (non-hydrogen) atoms. The van der Waals surface area contributed by atoms with Crippen molar-refractivity contribution >= 4 is 27.5 Å². The SMILES string of the molecule is C[C@@]1(NC(=O)CSc2nnc(-c3ccccc3)o2)CCS(=O)(=O)C1. The van der Waals surface area contributed by atoms with E-state index in [1.165, 1.54) is 0 Å². The fraction of sp³-hybridized carbons (Fsp3) is 0.400. The van der Waals surface area contributed by atoms with Gasteiger partial charge in [-0.15, -0.1) is 10.2 Å². The standard InChI is InChI=1S/C15H17N3O4S2/c1-15(7-8-24(20,21)10-15)16-12(19)9-23-14-18-17-13(22-14)11-5-3-2-4-6-11/h2-6H,7-10H2,1H3,(H,16,19)/t15-/m1/s1. The van der Waals surface area contributed by atoms with Gasteiger partial charge in [-0.05, 0) is 25.5 Å². The van der Waals surface area contributed by atoms with E-state index in [-0.39, 0.29) is 23.2 Å². The Morgan fingerprint density at radius 2 is 2.08 bits per heavy atom. The molecule has 0 aliphatic carbocycles. The van der Waals surface area contributed by atoms with Crippen LogP contribution >= 0.6 is 11.8 Å². The smallest absolute Gasteiger partial charge is 0.277 e. The fourth-order valence-corrected chi connectivity index (χ4v) is 5.23. The maximum Gasteiger partial charge on any atom is 0.277 e. The third-order valence-electron chi connectivity index (χ3n) is 3.70. The molecule has 2 heterocycles. The van der Waals surface area contributed by atoms with Crippen LogP contribution in [0.4, 0.5) is 0 Å². The van der Waals surface area contributed by atoms with Gasteiger partial charge in [0.2, 0.25) is 11.8 Å². The molecule has 0 unspecified atom stereocenters. The van der Waals surface area contributed by atoms with Crippen LogP contribution in [0.5, 0.6) is 0 Å². The Labute approximate surface area is 144 Å². The molecule has 1 atom stereocenters. The largest absolute Gasteiger partial charge is 0.411 e. The molecular weight excluding hydrogens is 350 g/mol. The molecule has 0 spiro atoms. The average Bonchev–Trinajstić information content (AvgIpc) is 3.10. The van der Waals surface area contributed by atoms with Gasteiger partial charge in [0.25, 0.3) is 5.22 Å². The second-order valence-electron chi connectivity index (χ2n) is 5.98. The van der Waals surface area contributed by atoms with Gasteiger partial charge in [0.1, 0.15) is 0 Å². The van der Waals surface area contributed by atoms with Crippen molar-refractivity contribution in [2.24, 2.45) is 0 Å². The predicted molar refractivity (Wildman–Crippen MR) is 90.3 cm³/mol. The Balaban J connectivity index is 1.55. The number of benzene rings is 1. The Morgan fingerprint density at radius 1 is 1.33 bits per heavy atom. The molecule has 2 aromatic rings. The zero-order valence-corrected chi connectivity index (χ0v) is 14.7. The first-order chi connectivity index (χ1) is 11.4. The van der Waals surface area contributed by atoms with Crippen molar-refractivity contribution in [2.75, 3.05) is 17.3 Å². The van der Waals surface area contributed by atoms with Crippen molar-refractivity contribution < 1.29 is 17.6 Å². The van der Waals surface area contributed by atoms with Crippen molar-refractivity contribution in [1.29, 1.82) is 0 Å². The lowest BCUT2D eigenvalue weighted by Gasteiger charge is -2.23. The molecule has 0 radical (unpaired) electrons. The minimum Gasteiger partial charge on any atom is -0.411 e. The van der Waals surface area contributed by atoms with Gasteiger partial charge < -0.3 is 9.73 Å². The Kier molecular flexibility index (Phi) is 4.64. The summed E-state index contributed by atoms with van der Waals surface area (Å²) in [5, 5.41) is 10.9. The number of carbonyl (C=O) groups excluding carboxylic acids is 1. The summed E-state index contributed by atoms with van der Waals surface area (Å²) in [6, 6.07) is 9.35. The summed E-state index contributed by atoms with van der Waals surface area (Å²) in [6.45, 7) is 1.75. The molecule has 1 aliphatic rings. The summed E-state index contributed by atoms with van der Waals surface area (Å²) in [4.78, 5) is 12.0. The molecule has 1 fully saturated rings.